The van der Waals surface area contributed by atoms with Gasteiger partial charge >= 0.3 is 0 Å². The van der Waals surface area contributed by atoms with Gasteiger partial charge in [-0.15, -0.1) is 5.10 Å². The summed E-state index contributed by atoms with van der Waals surface area (Å²) >= 11 is 0. The molecule has 0 aliphatic carbocycles. The van der Waals surface area contributed by atoms with Gasteiger partial charge in [-0.2, -0.15) is 4.68 Å². The number of aryl methyl sites for hydroxylation is 2. The first kappa shape index (κ1) is 12.3. The maximum Gasteiger partial charge on any atom is 0.189 e. The zero-order valence-electron chi connectivity index (χ0n) is 11.4. The summed E-state index contributed by atoms with van der Waals surface area (Å²) in [6.07, 6.45) is 0. The van der Waals surface area contributed by atoms with Crippen LogP contribution in [-0.2, 0) is 0 Å². The van der Waals surface area contributed by atoms with E-state index in [4.69, 9.17) is 5.73 Å². The highest BCUT2D eigenvalue weighted by Gasteiger charge is 2.15. The van der Waals surface area contributed by atoms with E-state index < -0.39 is 0 Å². The molecule has 0 spiro atoms. The number of tetrazole rings is 1. The SMILES string of the molecule is Cc1cccc(C)c1-n1nnnc1-c1ccccc1N. The zero-order chi connectivity index (χ0) is 14.1. The van der Waals surface area contributed by atoms with Crippen molar-refractivity contribution in [1.82, 2.24) is 20.2 Å². The molecule has 0 radical (unpaired) electrons. The minimum absolute atomic E-state index is 0.653. The summed E-state index contributed by atoms with van der Waals surface area (Å²) in [6.45, 7) is 4.09. The fourth-order valence-corrected chi connectivity index (χ4v) is 2.35. The van der Waals surface area contributed by atoms with Crippen molar-refractivity contribution in [1.29, 1.82) is 0 Å². The lowest BCUT2D eigenvalue weighted by molar-refractivity contribution is 0.783. The van der Waals surface area contributed by atoms with E-state index >= 15 is 0 Å². The van der Waals surface area contributed by atoms with E-state index in [9.17, 15) is 0 Å². The minimum Gasteiger partial charge on any atom is -0.398 e. The molecule has 0 amide bonds. The van der Waals surface area contributed by atoms with E-state index in [1.807, 2.05) is 56.3 Å². The van der Waals surface area contributed by atoms with Gasteiger partial charge in [-0.05, 0) is 47.5 Å². The smallest absolute Gasteiger partial charge is 0.189 e. The number of para-hydroxylation sites is 2. The van der Waals surface area contributed by atoms with E-state index in [0.29, 0.717) is 11.5 Å². The number of hydrogen-bond acceptors (Lipinski definition) is 4. The van der Waals surface area contributed by atoms with Crippen LogP contribution in [0, 0.1) is 13.8 Å². The van der Waals surface area contributed by atoms with Gasteiger partial charge in [-0.25, -0.2) is 0 Å². The number of nitrogens with two attached hydrogens (primary N) is 1. The van der Waals surface area contributed by atoms with Crippen LogP contribution in [0.5, 0.6) is 0 Å². The largest absolute Gasteiger partial charge is 0.398 e. The Kier molecular flexibility index (Phi) is 2.95. The number of hydrogen-bond donors (Lipinski definition) is 1. The standard InChI is InChI=1S/C15H15N5/c1-10-6-5-7-11(2)14(10)20-15(17-18-19-20)12-8-3-4-9-13(12)16/h3-9H,16H2,1-2H3. The van der Waals surface area contributed by atoms with Crippen LogP contribution in [0.2, 0.25) is 0 Å². The van der Waals surface area contributed by atoms with Crippen molar-refractivity contribution in [3.05, 3.63) is 53.6 Å². The molecule has 5 nitrogen and oxygen atoms in total. The summed E-state index contributed by atoms with van der Waals surface area (Å²) in [5.41, 5.74) is 10.8. The molecule has 2 N–H and O–H groups in total. The van der Waals surface area contributed by atoms with Gasteiger partial charge in [0, 0.05) is 11.3 Å². The molecule has 0 saturated carbocycles. The fourth-order valence-electron chi connectivity index (χ4n) is 2.35. The maximum absolute atomic E-state index is 6.03. The molecule has 3 aromatic rings. The quantitative estimate of drug-likeness (QED) is 0.723. The highest BCUT2D eigenvalue weighted by atomic mass is 15.5. The van der Waals surface area contributed by atoms with Crippen LogP contribution in [0.3, 0.4) is 0 Å². The van der Waals surface area contributed by atoms with E-state index in [0.717, 1.165) is 22.4 Å². The lowest BCUT2D eigenvalue weighted by Crippen LogP contribution is -2.05. The molecule has 0 atom stereocenters. The average molecular weight is 265 g/mol. The van der Waals surface area contributed by atoms with Crippen LogP contribution < -0.4 is 5.73 Å². The molecule has 5 heteroatoms. The molecule has 0 aliphatic heterocycles. The highest BCUT2D eigenvalue weighted by molar-refractivity contribution is 5.72. The summed E-state index contributed by atoms with van der Waals surface area (Å²) in [5.74, 6) is 0.653. The summed E-state index contributed by atoms with van der Waals surface area (Å²) in [5, 5.41) is 12.1. The van der Waals surface area contributed by atoms with Crippen LogP contribution >= 0.6 is 0 Å². The van der Waals surface area contributed by atoms with Crippen LogP contribution in [0.4, 0.5) is 5.69 Å². The molecule has 1 aromatic heterocycles. The third kappa shape index (κ3) is 1.93. The van der Waals surface area contributed by atoms with Crippen molar-refractivity contribution < 1.29 is 0 Å². The van der Waals surface area contributed by atoms with Gasteiger partial charge in [0.2, 0.25) is 0 Å². The van der Waals surface area contributed by atoms with Crippen molar-refractivity contribution in [2.75, 3.05) is 5.73 Å². The Balaban J connectivity index is 2.24. The van der Waals surface area contributed by atoms with Crippen LogP contribution in [-0.4, -0.2) is 20.2 Å². The third-order valence-electron chi connectivity index (χ3n) is 3.32. The lowest BCUT2D eigenvalue weighted by Gasteiger charge is -2.11. The second-order valence-corrected chi connectivity index (χ2v) is 4.74. The van der Waals surface area contributed by atoms with Crippen LogP contribution in [0.1, 0.15) is 11.1 Å². The number of rotatable bonds is 2. The summed E-state index contributed by atoms with van der Waals surface area (Å²) in [7, 11) is 0. The Hall–Kier alpha value is -2.69. The van der Waals surface area contributed by atoms with Gasteiger partial charge < -0.3 is 5.73 Å². The Morgan fingerprint density at radius 2 is 1.65 bits per heavy atom. The first-order chi connectivity index (χ1) is 9.68. The van der Waals surface area contributed by atoms with Gasteiger partial charge in [0.25, 0.3) is 0 Å². The van der Waals surface area contributed by atoms with Crippen molar-refractivity contribution >= 4 is 5.69 Å². The van der Waals surface area contributed by atoms with Gasteiger partial charge in [0.05, 0.1) is 5.69 Å². The highest BCUT2D eigenvalue weighted by Crippen LogP contribution is 2.27. The van der Waals surface area contributed by atoms with Crippen molar-refractivity contribution in [3.63, 3.8) is 0 Å². The van der Waals surface area contributed by atoms with Crippen LogP contribution in [0.15, 0.2) is 42.5 Å². The molecule has 1 heterocycles. The van der Waals surface area contributed by atoms with Gasteiger partial charge in [0.1, 0.15) is 0 Å². The number of anilines is 1. The molecule has 2 aromatic carbocycles. The first-order valence-electron chi connectivity index (χ1n) is 6.38. The second-order valence-electron chi connectivity index (χ2n) is 4.74. The Morgan fingerprint density at radius 1 is 0.950 bits per heavy atom. The topological polar surface area (TPSA) is 69.6 Å². The summed E-state index contributed by atoms with van der Waals surface area (Å²) in [6, 6.07) is 13.7. The minimum atomic E-state index is 0.653. The zero-order valence-corrected chi connectivity index (χ0v) is 11.4. The fraction of sp³-hybridized carbons (Fsp3) is 0.133. The Morgan fingerprint density at radius 3 is 2.35 bits per heavy atom. The molecule has 0 bridgehead atoms. The lowest BCUT2D eigenvalue weighted by atomic mass is 10.1. The molecule has 0 fully saturated rings. The average Bonchev–Trinajstić information content (AvgIpc) is 2.88. The molecular formula is C15H15N5. The summed E-state index contributed by atoms with van der Waals surface area (Å²) in [4.78, 5) is 0. The second kappa shape index (κ2) is 4.77. The monoisotopic (exact) mass is 265 g/mol. The molecular weight excluding hydrogens is 250 g/mol. The Labute approximate surface area is 117 Å². The maximum atomic E-state index is 6.03. The van der Waals surface area contributed by atoms with Gasteiger partial charge in [-0.1, -0.05) is 30.3 Å². The van der Waals surface area contributed by atoms with E-state index in [2.05, 4.69) is 15.5 Å². The first-order valence-corrected chi connectivity index (χ1v) is 6.38. The number of nitrogens with zero attached hydrogens (tertiary/aromatic N) is 4. The van der Waals surface area contributed by atoms with Crippen molar-refractivity contribution in [3.8, 4) is 17.1 Å². The molecule has 0 unspecified atom stereocenters. The molecule has 20 heavy (non-hydrogen) atoms. The molecule has 100 valence electrons. The number of nitrogen functional groups attached to an aromatic ring is 1. The normalized spacial score (nSPS) is 10.7. The van der Waals surface area contributed by atoms with Gasteiger partial charge in [-0.3, -0.25) is 0 Å². The van der Waals surface area contributed by atoms with Crippen molar-refractivity contribution in [2.45, 2.75) is 13.8 Å². The predicted octanol–water partition coefficient (Wildman–Crippen LogP) is 2.53. The van der Waals surface area contributed by atoms with E-state index in [-0.39, 0.29) is 0 Å². The third-order valence-corrected chi connectivity index (χ3v) is 3.32. The van der Waals surface area contributed by atoms with Crippen molar-refractivity contribution in [2.24, 2.45) is 0 Å². The van der Waals surface area contributed by atoms with Gasteiger partial charge in [0.15, 0.2) is 5.82 Å². The Bertz CT molecular complexity index is 740. The predicted molar refractivity (Wildman–Crippen MR) is 78.5 cm³/mol. The molecule has 0 saturated heterocycles. The molecule has 0 aliphatic rings. The molecule has 3 rings (SSSR count). The number of benzene rings is 2. The van der Waals surface area contributed by atoms with Crippen LogP contribution in [0.25, 0.3) is 17.1 Å². The van der Waals surface area contributed by atoms with E-state index in [1.54, 1.807) is 4.68 Å². The summed E-state index contributed by atoms with van der Waals surface area (Å²) < 4.78 is 1.75. The number of aromatic nitrogens is 4. The van der Waals surface area contributed by atoms with E-state index in [1.165, 1.54) is 0 Å².